The van der Waals surface area contributed by atoms with Crippen LogP contribution in [0.3, 0.4) is 0 Å². The molecular formula is C14H24O3. The second-order valence-electron chi connectivity index (χ2n) is 6.18. The van der Waals surface area contributed by atoms with Gasteiger partial charge in [-0.3, -0.25) is 4.79 Å². The summed E-state index contributed by atoms with van der Waals surface area (Å²) in [6.45, 7) is 2.11. The number of hydrogen-bond acceptors (Lipinski definition) is 2. The summed E-state index contributed by atoms with van der Waals surface area (Å²) in [5.74, 6) is -0.348. The standard InChI is InChI=1S/C14H24O3/c1-11-6-5-7-13(10-11,12(15)16)14(17)8-3-2-4-9-14/h11,17H,2-10H2,1H3,(H,15,16). The number of aliphatic carboxylic acids is 1. The first-order chi connectivity index (χ1) is 8.00. The van der Waals surface area contributed by atoms with Gasteiger partial charge in [0.05, 0.1) is 11.0 Å². The van der Waals surface area contributed by atoms with Gasteiger partial charge < -0.3 is 10.2 Å². The molecule has 0 aliphatic heterocycles. The van der Waals surface area contributed by atoms with Gasteiger partial charge in [-0.2, -0.15) is 0 Å². The maximum absolute atomic E-state index is 11.8. The topological polar surface area (TPSA) is 57.5 Å². The summed E-state index contributed by atoms with van der Waals surface area (Å²) in [5.41, 5.74) is -1.82. The molecule has 98 valence electrons. The van der Waals surface area contributed by atoms with E-state index < -0.39 is 17.0 Å². The molecule has 0 heterocycles. The van der Waals surface area contributed by atoms with E-state index in [1.807, 2.05) is 0 Å². The second-order valence-corrected chi connectivity index (χ2v) is 6.18. The molecule has 2 rings (SSSR count). The Bertz CT molecular complexity index is 294. The van der Waals surface area contributed by atoms with E-state index in [0.717, 1.165) is 32.1 Å². The predicted octanol–water partition coefficient (Wildman–Crippen LogP) is 2.96. The summed E-state index contributed by atoms with van der Waals surface area (Å²) >= 11 is 0. The predicted molar refractivity (Wildman–Crippen MR) is 65.7 cm³/mol. The monoisotopic (exact) mass is 240 g/mol. The molecule has 2 N–H and O–H groups in total. The molecule has 2 saturated carbocycles. The van der Waals surface area contributed by atoms with Crippen molar-refractivity contribution < 1.29 is 15.0 Å². The Morgan fingerprint density at radius 3 is 2.29 bits per heavy atom. The molecule has 17 heavy (non-hydrogen) atoms. The van der Waals surface area contributed by atoms with Crippen molar-refractivity contribution in [3.8, 4) is 0 Å². The van der Waals surface area contributed by atoms with Crippen LogP contribution < -0.4 is 0 Å². The zero-order valence-corrected chi connectivity index (χ0v) is 10.7. The molecular weight excluding hydrogens is 216 g/mol. The van der Waals surface area contributed by atoms with Gasteiger partial charge in [0.25, 0.3) is 0 Å². The van der Waals surface area contributed by atoms with E-state index in [4.69, 9.17) is 0 Å². The van der Waals surface area contributed by atoms with Crippen molar-refractivity contribution >= 4 is 5.97 Å². The van der Waals surface area contributed by atoms with Crippen LogP contribution in [0.1, 0.15) is 64.7 Å². The van der Waals surface area contributed by atoms with Crippen molar-refractivity contribution in [2.45, 2.75) is 70.3 Å². The highest BCUT2D eigenvalue weighted by atomic mass is 16.4. The van der Waals surface area contributed by atoms with Crippen LogP contribution in [0.25, 0.3) is 0 Å². The highest BCUT2D eigenvalue weighted by molar-refractivity contribution is 5.76. The molecule has 0 aromatic carbocycles. The zero-order chi connectivity index (χ0) is 12.5. The molecule has 0 aromatic rings. The minimum atomic E-state index is -0.953. The smallest absolute Gasteiger partial charge is 0.312 e. The molecule has 0 spiro atoms. The summed E-state index contributed by atoms with van der Waals surface area (Å²) in [6.07, 6.45) is 7.77. The summed E-state index contributed by atoms with van der Waals surface area (Å²) in [5, 5.41) is 20.5. The van der Waals surface area contributed by atoms with Gasteiger partial charge >= 0.3 is 5.97 Å². The largest absolute Gasteiger partial charge is 0.481 e. The van der Waals surface area contributed by atoms with Gasteiger partial charge in [-0.25, -0.2) is 0 Å². The third kappa shape index (κ3) is 2.10. The van der Waals surface area contributed by atoms with Crippen molar-refractivity contribution in [2.75, 3.05) is 0 Å². The quantitative estimate of drug-likeness (QED) is 0.780. The van der Waals surface area contributed by atoms with Crippen LogP contribution in [0.2, 0.25) is 0 Å². The first-order valence-electron chi connectivity index (χ1n) is 6.96. The van der Waals surface area contributed by atoms with E-state index in [1.54, 1.807) is 0 Å². The summed E-state index contributed by atoms with van der Waals surface area (Å²) in [4.78, 5) is 11.8. The second kappa shape index (κ2) is 4.60. The Morgan fingerprint density at radius 1 is 1.12 bits per heavy atom. The van der Waals surface area contributed by atoms with Gasteiger partial charge in [-0.1, -0.05) is 39.0 Å². The van der Waals surface area contributed by atoms with E-state index >= 15 is 0 Å². The molecule has 2 unspecified atom stereocenters. The third-order valence-electron chi connectivity index (χ3n) is 4.98. The van der Waals surface area contributed by atoms with Gasteiger partial charge in [0.2, 0.25) is 0 Å². The van der Waals surface area contributed by atoms with Crippen molar-refractivity contribution in [1.29, 1.82) is 0 Å². The first kappa shape index (κ1) is 12.9. The van der Waals surface area contributed by atoms with E-state index in [2.05, 4.69) is 6.92 Å². The fourth-order valence-electron chi connectivity index (χ4n) is 3.98. The minimum absolute atomic E-state index is 0.422. The normalized spacial score (nSPS) is 37.6. The van der Waals surface area contributed by atoms with Crippen molar-refractivity contribution in [3.63, 3.8) is 0 Å². The molecule has 3 nitrogen and oxygen atoms in total. The molecule has 2 fully saturated rings. The number of rotatable bonds is 2. The van der Waals surface area contributed by atoms with Crippen LogP contribution in [0.15, 0.2) is 0 Å². The zero-order valence-electron chi connectivity index (χ0n) is 10.7. The van der Waals surface area contributed by atoms with Crippen LogP contribution in [-0.2, 0) is 4.79 Å². The van der Waals surface area contributed by atoms with Gasteiger partial charge in [-0.05, 0) is 31.6 Å². The molecule has 0 aromatic heterocycles. The molecule has 0 amide bonds. The number of aliphatic hydroxyl groups is 1. The summed E-state index contributed by atoms with van der Waals surface area (Å²) in [6, 6.07) is 0. The van der Waals surface area contributed by atoms with Crippen molar-refractivity contribution in [2.24, 2.45) is 11.3 Å². The van der Waals surface area contributed by atoms with E-state index in [1.165, 1.54) is 0 Å². The number of hydrogen-bond donors (Lipinski definition) is 2. The third-order valence-corrected chi connectivity index (χ3v) is 4.98. The van der Waals surface area contributed by atoms with Crippen LogP contribution >= 0.6 is 0 Å². The number of carboxylic acids is 1. The highest BCUT2D eigenvalue weighted by Gasteiger charge is 2.56. The SMILES string of the molecule is CC1CCCC(C(=O)O)(C2(O)CCCCC2)C1. The lowest BCUT2D eigenvalue weighted by Crippen LogP contribution is -2.56. The van der Waals surface area contributed by atoms with E-state index in [0.29, 0.717) is 31.6 Å². The van der Waals surface area contributed by atoms with Crippen LogP contribution in [-0.4, -0.2) is 21.8 Å². The lowest BCUT2D eigenvalue weighted by atomic mass is 9.57. The summed E-state index contributed by atoms with van der Waals surface area (Å²) in [7, 11) is 0. The fourth-order valence-corrected chi connectivity index (χ4v) is 3.98. The summed E-state index contributed by atoms with van der Waals surface area (Å²) < 4.78 is 0. The lowest BCUT2D eigenvalue weighted by Gasteiger charge is -2.50. The highest BCUT2D eigenvalue weighted by Crippen LogP contribution is 2.52. The minimum Gasteiger partial charge on any atom is -0.481 e. The Morgan fingerprint density at radius 2 is 1.76 bits per heavy atom. The van der Waals surface area contributed by atoms with Gasteiger partial charge in [-0.15, -0.1) is 0 Å². The maximum Gasteiger partial charge on any atom is 0.312 e. The Labute approximate surface area is 103 Å². The molecule has 0 radical (unpaired) electrons. The van der Waals surface area contributed by atoms with Gasteiger partial charge in [0.15, 0.2) is 0 Å². The van der Waals surface area contributed by atoms with Gasteiger partial charge in [0.1, 0.15) is 0 Å². The molecule has 2 aliphatic carbocycles. The van der Waals surface area contributed by atoms with Crippen molar-refractivity contribution in [3.05, 3.63) is 0 Å². The number of carboxylic acid groups (broad SMARTS) is 1. The van der Waals surface area contributed by atoms with E-state index in [9.17, 15) is 15.0 Å². The molecule has 3 heteroatoms. The average Bonchev–Trinajstić information content (AvgIpc) is 2.29. The van der Waals surface area contributed by atoms with Crippen LogP contribution in [0, 0.1) is 11.3 Å². The lowest BCUT2D eigenvalue weighted by molar-refractivity contribution is -0.184. The van der Waals surface area contributed by atoms with Crippen LogP contribution in [0.4, 0.5) is 0 Å². The average molecular weight is 240 g/mol. The Kier molecular flexibility index (Phi) is 3.48. The molecule has 0 bridgehead atoms. The van der Waals surface area contributed by atoms with Crippen molar-refractivity contribution in [1.82, 2.24) is 0 Å². The number of carbonyl (C=O) groups is 1. The molecule has 2 atom stereocenters. The van der Waals surface area contributed by atoms with Crippen LogP contribution in [0.5, 0.6) is 0 Å². The van der Waals surface area contributed by atoms with E-state index in [-0.39, 0.29) is 0 Å². The fraction of sp³-hybridized carbons (Fsp3) is 0.929. The molecule has 2 aliphatic rings. The first-order valence-corrected chi connectivity index (χ1v) is 6.96. The maximum atomic E-state index is 11.8. The molecule has 0 saturated heterocycles. The Hall–Kier alpha value is -0.570. The Balaban J connectivity index is 2.29. The van der Waals surface area contributed by atoms with Gasteiger partial charge in [0, 0.05) is 0 Å².